The monoisotopic (exact) mass is 173 g/mol. The first kappa shape index (κ1) is 8.80. The number of hydrogen-bond donors (Lipinski definition) is 0. The Kier molecular flexibility index (Phi) is 2.68. The quantitative estimate of drug-likeness (QED) is 0.606. The van der Waals surface area contributed by atoms with Gasteiger partial charge in [0.15, 0.2) is 0 Å². The maximum atomic E-state index is 4.26. The number of hydrogen-bond acceptors (Lipinski definition) is 0. The van der Waals surface area contributed by atoms with Crippen LogP contribution in [0, 0.1) is 12.8 Å². The van der Waals surface area contributed by atoms with Gasteiger partial charge in [-0.25, -0.2) is 0 Å². The van der Waals surface area contributed by atoms with Crippen molar-refractivity contribution in [3.63, 3.8) is 0 Å². The molecule has 69 valence electrons. The summed E-state index contributed by atoms with van der Waals surface area (Å²) in [7, 11) is 0. The van der Waals surface area contributed by atoms with Crippen molar-refractivity contribution in [2.45, 2.75) is 31.6 Å². The van der Waals surface area contributed by atoms with Crippen molar-refractivity contribution in [3.8, 4) is 0 Å². The van der Waals surface area contributed by atoms with Gasteiger partial charge in [0.05, 0.1) is 0 Å². The normalized spacial score (nSPS) is 28.7. The summed E-state index contributed by atoms with van der Waals surface area (Å²) < 4.78 is 0. The Morgan fingerprint density at radius 3 is 2.38 bits per heavy atom. The van der Waals surface area contributed by atoms with Crippen LogP contribution in [0.1, 0.15) is 37.2 Å². The average molecular weight is 173 g/mol. The SMILES string of the molecule is [CH2]C1CCCCC1c1ccccc1. The molecule has 1 aliphatic rings. The molecule has 1 aromatic carbocycles. The molecule has 0 heterocycles. The van der Waals surface area contributed by atoms with Crippen molar-refractivity contribution in [3.05, 3.63) is 42.8 Å². The van der Waals surface area contributed by atoms with Gasteiger partial charge in [0.25, 0.3) is 0 Å². The zero-order valence-electron chi connectivity index (χ0n) is 8.08. The standard InChI is InChI=1S/C13H17/c1-11-7-5-6-10-13(11)12-8-3-2-4-9-12/h2-4,8-9,11,13H,1,5-7,10H2. The second-order valence-corrected chi connectivity index (χ2v) is 4.06. The van der Waals surface area contributed by atoms with E-state index in [2.05, 4.69) is 37.3 Å². The lowest BCUT2D eigenvalue weighted by Crippen LogP contribution is -2.14. The molecule has 0 aromatic heterocycles. The third-order valence-electron chi connectivity index (χ3n) is 3.14. The summed E-state index contributed by atoms with van der Waals surface area (Å²) in [6.45, 7) is 4.26. The molecule has 0 bridgehead atoms. The molecule has 0 aliphatic heterocycles. The van der Waals surface area contributed by atoms with Crippen LogP contribution in [0.15, 0.2) is 30.3 Å². The Bertz CT molecular complexity index is 250. The van der Waals surface area contributed by atoms with E-state index in [-0.39, 0.29) is 0 Å². The molecule has 0 amide bonds. The van der Waals surface area contributed by atoms with Crippen molar-refractivity contribution in [1.29, 1.82) is 0 Å². The highest BCUT2D eigenvalue weighted by Gasteiger charge is 2.22. The van der Waals surface area contributed by atoms with E-state index in [1.807, 2.05) is 0 Å². The van der Waals surface area contributed by atoms with Crippen LogP contribution in [0.4, 0.5) is 0 Å². The first-order chi connectivity index (χ1) is 6.38. The van der Waals surface area contributed by atoms with Crippen LogP contribution >= 0.6 is 0 Å². The zero-order valence-corrected chi connectivity index (χ0v) is 8.08. The molecule has 2 rings (SSSR count). The van der Waals surface area contributed by atoms with Gasteiger partial charge >= 0.3 is 0 Å². The molecule has 1 aliphatic carbocycles. The minimum Gasteiger partial charge on any atom is -0.0622 e. The fraction of sp³-hybridized carbons (Fsp3) is 0.462. The molecule has 1 radical (unpaired) electrons. The minimum absolute atomic E-state index is 0.635. The van der Waals surface area contributed by atoms with Gasteiger partial charge in [-0.15, -0.1) is 0 Å². The molecule has 0 spiro atoms. The number of benzene rings is 1. The first-order valence-corrected chi connectivity index (χ1v) is 5.26. The van der Waals surface area contributed by atoms with Gasteiger partial charge < -0.3 is 0 Å². The number of rotatable bonds is 1. The summed E-state index contributed by atoms with van der Waals surface area (Å²) >= 11 is 0. The highest BCUT2D eigenvalue weighted by atomic mass is 14.3. The molecule has 2 unspecified atom stereocenters. The van der Waals surface area contributed by atoms with E-state index in [9.17, 15) is 0 Å². The van der Waals surface area contributed by atoms with Gasteiger partial charge in [-0.2, -0.15) is 0 Å². The van der Waals surface area contributed by atoms with E-state index < -0.39 is 0 Å². The lowest BCUT2D eigenvalue weighted by atomic mass is 9.76. The van der Waals surface area contributed by atoms with Crippen LogP contribution < -0.4 is 0 Å². The molecule has 1 saturated carbocycles. The van der Waals surface area contributed by atoms with E-state index in [1.54, 1.807) is 0 Å². The van der Waals surface area contributed by atoms with Crippen molar-refractivity contribution >= 4 is 0 Å². The molecular weight excluding hydrogens is 156 g/mol. The van der Waals surface area contributed by atoms with E-state index >= 15 is 0 Å². The molecule has 0 N–H and O–H groups in total. The second kappa shape index (κ2) is 3.95. The summed E-state index contributed by atoms with van der Waals surface area (Å²) in [6.07, 6.45) is 5.39. The fourth-order valence-corrected chi connectivity index (χ4v) is 2.35. The molecule has 0 saturated heterocycles. The van der Waals surface area contributed by atoms with Crippen LogP contribution in [0.3, 0.4) is 0 Å². The Labute approximate surface area is 81.0 Å². The fourth-order valence-electron chi connectivity index (χ4n) is 2.35. The third kappa shape index (κ3) is 1.93. The summed E-state index contributed by atoms with van der Waals surface area (Å²) in [6, 6.07) is 10.8. The van der Waals surface area contributed by atoms with Gasteiger partial charge in [-0.1, -0.05) is 43.2 Å². The van der Waals surface area contributed by atoms with E-state index in [1.165, 1.54) is 31.2 Å². The maximum absolute atomic E-state index is 4.26. The molecule has 13 heavy (non-hydrogen) atoms. The summed E-state index contributed by atoms with van der Waals surface area (Å²) in [5.41, 5.74) is 1.49. The van der Waals surface area contributed by atoms with Crippen molar-refractivity contribution in [2.75, 3.05) is 0 Å². The van der Waals surface area contributed by atoms with Gasteiger partial charge in [0.2, 0.25) is 0 Å². The van der Waals surface area contributed by atoms with Crippen molar-refractivity contribution < 1.29 is 0 Å². The van der Waals surface area contributed by atoms with Crippen LogP contribution in [0.2, 0.25) is 0 Å². The molecule has 0 nitrogen and oxygen atoms in total. The summed E-state index contributed by atoms with van der Waals surface area (Å²) in [5.74, 6) is 1.35. The Morgan fingerprint density at radius 1 is 1.00 bits per heavy atom. The predicted molar refractivity (Wildman–Crippen MR) is 56.5 cm³/mol. The van der Waals surface area contributed by atoms with Gasteiger partial charge in [-0.05, 0) is 37.2 Å². The Morgan fingerprint density at radius 2 is 1.69 bits per heavy atom. The van der Waals surface area contributed by atoms with E-state index in [0.29, 0.717) is 5.92 Å². The Balaban J connectivity index is 2.15. The molecule has 0 heteroatoms. The lowest BCUT2D eigenvalue weighted by Gasteiger charge is -2.28. The minimum atomic E-state index is 0.635. The lowest BCUT2D eigenvalue weighted by molar-refractivity contribution is 0.359. The van der Waals surface area contributed by atoms with Gasteiger partial charge in [-0.3, -0.25) is 0 Å². The van der Waals surface area contributed by atoms with Crippen LogP contribution in [-0.2, 0) is 0 Å². The largest absolute Gasteiger partial charge is 0.0622 e. The summed E-state index contributed by atoms with van der Waals surface area (Å²) in [5, 5.41) is 0. The van der Waals surface area contributed by atoms with Gasteiger partial charge in [0, 0.05) is 0 Å². The van der Waals surface area contributed by atoms with Crippen molar-refractivity contribution in [1.82, 2.24) is 0 Å². The zero-order chi connectivity index (χ0) is 9.10. The highest BCUT2D eigenvalue weighted by Crippen LogP contribution is 2.36. The van der Waals surface area contributed by atoms with E-state index in [4.69, 9.17) is 0 Å². The third-order valence-corrected chi connectivity index (χ3v) is 3.14. The van der Waals surface area contributed by atoms with E-state index in [0.717, 1.165) is 5.92 Å². The highest BCUT2D eigenvalue weighted by molar-refractivity contribution is 5.21. The summed E-state index contributed by atoms with van der Waals surface area (Å²) in [4.78, 5) is 0. The van der Waals surface area contributed by atoms with Crippen LogP contribution in [0.25, 0.3) is 0 Å². The molecule has 2 atom stereocenters. The maximum Gasteiger partial charge on any atom is -0.0134 e. The van der Waals surface area contributed by atoms with Crippen LogP contribution in [0.5, 0.6) is 0 Å². The van der Waals surface area contributed by atoms with Crippen LogP contribution in [-0.4, -0.2) is 0 Å². The van der Waals surface area contributed by atoms with Gasteiger partial charge in [0.1, 0.15) is 0 Å². The first-order valence-electron chi connectivity index (χ1n) is 5.26. The average Bonchev–Trinajstić information content (AvgIpc) is 2.20. The topological polar surface area (TPSA) is 0 Å². The predicted octanol–water partition coefficient (Wildman–Crippen LogP) is 3.79. The molecule has 1 aromatic rings. The second-order valence-electron chi connectivity index (χ2n) is 4.06. The van der Waals surface area contributed by atoms with Crippen molar-refractivity contribution in [2.24, 2.45) is 5.92 Å². The Hall–Kier alpha value is -0.780. The smallest absolute Gasteiger partial charge is 0.0134 e. The molecule has 1 fully saturated rings. The molecular formula is C13H17.